The highest BCUT2D eigenvalue weighted by molar-refractivity contribution is 5.34. The van der Waals surface area contributed by atoms with Crippen molar-refractivity contribution in [3.8, 4) is 11.5 Å². The molecule has 0 heterocycles. The van der Waals surface area contributed by atoms with Crippen LogP contribution in [0.15, 0.2) is 54.6 Å². The second-order valence-corrected chi connectivity index (χ2v) is 4.68. The van der Waals surface area contributed by atoms with Gasteiger partial charge in [-0.15, -0.1) is 0 Å². The molecular weight excluding hydrogens is 224 g/mol. The molecule has 0 aliphatic rings. The van der Waals surface area contributed by atoms with Gasteiger partial charge in [0, 0.05) is 0 Å². The van der Waals surface area contributed by atoms with E-state index in [9.17, 15) is 5.11 Å². The largest absolute Gasteiger partial charge is 0.457 e. The van der Waals surface area contributed by atoms with E-state index in [1.807, 2.05) is 68.4 Å². The average Bonchev–Trinajstić information content (AvgIpc) is 2.39. The first kappa shape index (κ1) is 12.7. The minimum atomic E-state index is -0.454. The average molecular weight is 242 g/mol. The smallest absolute Gasteiger partial charge is 0.127 e. The molecule has 2 nitrogen and oxygen atoms in total. The van der Waals surface area contributed by atoms with Gasteiger partial charge in [-0.1, -0.05) is 44.2 Å². The molecule has 2 aromatic rings. The number of benzene rings is 2. The van der Waals surface area contributed by atoms with Crippen LogP contribution in [0.4, 0.5) is 0 Å². The second-order valence-electron chi connectivity index (χ2n) is 4.68. The van der Waals surface area contributed by atoms with Crippen molar-refractivity contribution >= 4 is 0 Å². The van der Waals surface area contributed by atoms with Gasteiger partial charge in [-0.05, 0) is 35.7 Å². The van der Waals surface area contributed by atoms with Crippen LogP contribution in [-0.2, 0) is 0 Å². The van der Waals surface area contributed by atoms with Gasteiger partial charge in [-0.25, -0.2) is 0 Å². The standard InChI is InChI=1S/C16H18O2/c1-12(2)16(17)13-7-6-10-15(11-13)18-14-8-4-3-5-9-14/h3-12,16-17H,1-2H3. The van der Waals surface area contributed by atoms with E-state index in [-0.39, 0.29) is 5.92 Å². The summed E-state index contributed by atoms with van der Waals surface area (Å²) in [5.74, 6) is 1.74. The first-order valence-corrected chi connectivity index (χ1v) is 6.18. The predicted molar refractivity (Wildman–Crippen MR) is 72.8 cm³/mol. The molecule has 1 atom stereocenters. The summed E-state index contributed by atoms with van der Waals surface area (Å²) in [5.41, 5.74) is 0.887. The highest BCUT2D eigenvalue weighted by atomic mass is 16.5. The van der Waals surface area contributed by atoms with E-state index >= 15 is 0 Å². The van der Waals surface area contributed by atoms with Crippen LogP contribution in [0.2, 0.25) is 0 Å². The van der Waals surface area contributed by atoms with Crippen LogP contribution in [-0.4, -0.2) is 5.11 Å². The third-order valence-electron chi connectivity index (χ3n) is 2.81. The number of aliphatic hydroxyl groups is 1. The number of hydrogen-bond acceptors (Lipinski definition) is 2. The molecular formula is C16H18O2. The van der Waals surface area contributed by atoms with Gasteiger partial charge in [-0.2, -0.15) is 0 Å². The zero-order valence-corrected chi connectivity index (χ0v) is 10.7. The molecule has 2 rings (SSSR count). The van der Waals surface area contributed by atoms with Gasteiger partial charge >= 0.3 is 0 Å². The molecule has 0 aromatic heterocycles. The van der Waals surface area contributed by atoms with Crippen LogP contribution in [0.1, 0.15) is 25.5 Å². The first-order valence-electron chi connectivity index (χ1n) is 6.18. The van der Waals surface area contributed by atoms with Crippen molar-refractivity contribution < 1.29 is 9.84 Å². The first-order chi connectivity index (χ1) is 8.66. The summed E-state index contributed by atoms with van der Waals surface area (Å²) in [6.07, 6.45) is -0.454. The highest BCUT2D eigenvalue weighted by Crippen LogP contribution is 2.27. The highest BCUT2D eigenvalue weighted by Gasteiger charge is 2.12. The molecule has 1 N–H and O–H groups in total. The van der Waals surface area contributed by atoms with Crippen LogP contribution in [0, 0.1) is 5.92 Å². The van der Waals surface area contributed by atoms with Crippen LogP contribution in [0.25, 0.3) is 0 Å². The minimum absolute atomic E-state index is 0.192. The molecule has 0 amide bonds. The lowest BCUT2D eigenvalue weighted by Crippen LogP contribution is -2.05. The van der Waals surface area contributed by atoms with Gasteiger partial charge in [0.1, 0.15) is 11.5 Å². The Hall–Kier alpha value is -1.80. The maximum Gasteiger partial charge on any atom is 0.127 e. The minimum Gasteiger partial charge on any atom is -0.457 e. The molecule has 2 heteroatoms. The molecule has 2 aromatic carbocycles. The van der Waals surface area contributed by atoms with E-state index < -0.39 is 6.10 Å². The fourth-order valence-corrected chi connectivity index (χ4v) is 1.77. The van der Waals surface area contributed by atoms with Crippen LogP contribution >= 0.6 is 0 Å². The van der Waals surface area contributed by atoms with Crippen LogP contribution in [0.5, 0.6) is 11.5 Å². The third kappa shape index (κ3) is 3.11. The Morgan fingerprint density at radius 3 is 2.22 bits per heavy atom. The van der Waals surface area contributed by atoms with Crippen molar-refractivity contribution in [3.63, 3.8) is 0 Å². The number of aliphatic hydroxyl groups excluding tert-OH is 1. The number of hydrogen-bond donors (Lipinski definition) is 1. The fraction of sp³-hybridized carbons (Fsp3) is 0.250. The van der Waals surface area contributed by atoms with Gasteiger partial charge in [0.15, 0.2) is 0 Å². The summed E-state index contributed by atoms with van der Waals surface area (Å²) in [6.45, 7) is 3.99. The maximum absolute atomic E-state index is 10.0. The summed E-state index contributed by atoms with van der Waals surface area (Å²) in [5, 5.41) is 10.0. The molecule has 0 saturated carbocycles. The zero-order valence-electron chi connectivity index (χ0n) is 10.7. The van der Waals surface area contributed by atoms with Crippen molar-refractivity contribution in [1.82, 2.24) is 0 Å². The summed E-state index contributed by atoms with van der Waals surface area (Å²) in [7, 11) is 0. The Morgan fingerprint density at radius 2 is 1.56 bits per heavy atom. The van der Waals surface area contributed by atoms with E-state index in [1.165, 1.54) is 0 Å². The van der Waals surface area contributed by atoms with E-state index in [0.29, 0.717) is 0 Å². The Kier molecular flexibility index (Phi) is 4.00. The van der Waals surface area contributed by atoms with Crippen LogP contribution in [0.3, 0.4) is 0 Å². The molecule has 18 heavy (non-hydrogen) atoms. The van der Waals surface area contributed by atoms with Gasteiger partial charge in [-0.3, -0.25) is 0 Å². The molecule has 0 bridgehead atoms. The molecule has 0 spiro atoms. The normalized spacial score (nSPS) is 12.4. The van der Waals surface area contributed by atoms with Gasteiger partial charge in [0.25, 0.3) is 0 Å². The lowest BCUT2D eigenvalue weighted by molar-refractivity contribution is 0.126. The molecule has 0 fully saturated rings. The summed E-state index contributed by atoms with van der Waals surface area (Å²) in [4.78, 5) is 0. The quantitative estimate of drug-likeness (QED) is 0.872. The SMILES string of the molecule is CC(C)C(O)c1cccc(Oc2ccccc2)c1. The molecule has 0 saturated heterocycles. The van der Waals surface area contributed by atoms with Gasteiger partial charge < -0.3 is 9.84 Å². The lowest BCUT2D eigenvalue weighted by atomic mass is 9.99. The van der Waals surface area contributed by atoms with Crippen LogP contribution < -0.4 is 4.74 Å². The Bertz CT molecular complexity index is 491. The monoisotopic (exact) mass is 242 g/mol. The molecule has 0 aliphatic heterocycles. The van der Waals surface area contributed by atoms with E-state index in [2.05, 4.69) is 0 Å². The van der Waals surface area contributed by atoms with Gasteiger partial charge in [0.2, 0.25) is 0 Å². The molecule has 0 radical (unpaired) electrons. The number of rotatable bonds is 4. The topological polar surface area (TPSA) is 29.5 Å². The molecule has 94 valence electrons. The molecule has 1 unspecified atom stereocenters. The summed E-state index contributed by atoms with van der Waals surface area (Å²) >= 11 is 0. The predicted octanol–water partition coefficient (Wildman–Crippen LogP) is 4.17. The van der Waals surface area contributed by atoms with Gasteiger partial charge in [0.05, 0.1) is 6.10 Å². The van der Waals surface area contributed by atoms with E-state index in [1.54, 1.807) is 0 Å². The summed E-state index contributed by atoms with van der Waals surface area (Å²) in [6, 6.07) is 17.2. The van der Waals surface area contributed by atoms with E-state index in [4.69, 9.17) is 4.74 Å². The lowest BCUT2D eigenvalue weighted by Gasteiger charge is -2.15. The van der Waals surface area contributed by atoms with Crippen molar-refractivity contribution in [2.45, 2.75) is 20.0 Å². The Labute approximate surface area is 108 Å². The van der Waals surface area contributed by atoms with Crippen molar-refractivity contribution in [2.75, 3.05) is 0 Å². The fourth-order valence-electron chi connectivity index (χ4n) is 1.77. The molecule has 0 aliphatic carbocycles. The van der Waals surface area contributed by atoms with Crippen molar-refractivity contribution in [3.05, 3.63) is 60.2 Å². The zero-order chi connectivity index (χ0) is 13.0. The Morgan fingerprint density at radius 1 is 0.889 bits per heavy atom. The van der Waals surface area contributed by atoms with Crippen molar-refractivity contribution in [1.29, 1.82) is 0 Å². The summed E-state index contributed by atoms with van der Waals surface area (Å²) < 4.78 is 5.74. The second kappa shape index (κ2) is 5.69. The number of ether oxygens (including phenoxy) is 1. The van der Waals surface area contributed by atoms with E-state index in [0.717, 1.165) is 17.1 Å². The number of para-hydroxylation sites is 1. The third-order valence-corrected chi connectivity index (χ3v) is 2.81. The van der Waals surface area contributed by atoms with Crippen molar-refractivity contribution in [2.24, 2.45) is 5.92 Å². The maximum atomic E-state index is 10.0. The Balaban J connectivity index is 2.18.